The quantitative estimate of drug-likeness (QED) is 0.564. The number of β-amino-alcohol motifs (C(OH)–C–C–N with tert-alkyl or cyclic N) is 1. The number of ether oxygens (including phenoxy) is 2. The highest BCUT2D eigenvalue weighted by atomic mass is 16.5. The standard InChI is InChI=1S/C23H30N4O3/c1-29-11-10-26-6-8-27(9-7-26)16-22(28)17-30-23-5-4-18-12-19(2-3-20(18)13-23)21-14-24-25-15-21/h2-5,12-15,22,28H,6-11,16-17H2,1H3,(H,24,25). The average Bonchev–Trinajstić information content (AvgIpc) is 3.32. The van der Waals surface area contributed by atoms with Crippen molar-refractivity contribution in [1.82, 2.24) is 20.0 Å². The molecule has 2 aromatic carbocycles. The van der Waals surface area contributed by atoms with Crippen LogP contribution in [0.5, 0.6) is 5.75 Å². The summed E-state index contributed by atoms with van der Waals surface area (Å²) < 4.78 is 11.0. The molecule has 0 bridgehead atoms. The summed E-state index contributed by atoms with van der Waals surface area (Å²) in [6.45, 7) is 6.65. The van der Waals surface area contributed by atoms with Crippen LogP contribution in [-0.4, -0.2) is 90.8 Å². The van der Waals surface area contributed by atoms with Crippen molar-refractivity contribution in [1.29, 1.82) is 0 Å². The Morgan fingerprint density at radius 1 is 1.03 bits per heavy atom. The first-order valence-electron chi connectivity index (χ1n) is 10.5. The molecule has 1 aromatic heterocycles. The Hall–Kier alpha value is -2.45. The molecule has 0 radical (unpaired) electrons. The predicted molar refractivity (Wildman–Crippen MR) is 118 cm³/mol. The van der Waals surface area contributed by atoms with Crippen molar-refractivity contribution in [2.24, 2.45) is 0 Å². The van der Waals surface area contributed by atoms with Gasteiger partial charge in [0, 0.05) is 58.1 Å². The van der Waals surface area contributed by atoms with E-state index in [4.69, 9.17) is 9.47 Å². The minimum absolute atomic E-state index is 0.294. The number of H-pyrrole nitrogens is 1. The van der Waals surface area contributed by atoms with Crippen LogP contribution in [0.1, 0.15) is 0 Å². The predicted octanol–water partition coefficient (Wildman–Crippen LogP) is 2.23. The summed E-state index contributed by atoms with van der Waals surface area (Å²) in [7, 11) is 1.74. The Bertz CT molecular complexity index is 923. The van der Waals surface area contributed by atoms with Gasteiger partial charge < -0.3 is 14.6 Å². The van der Waals surface area contributed by atoms with Crippen molar-refractivity contribution in [3.05, 3.63) is 48.8 Å². The molecular weight excluding hydrogens is 380 g/mol. The molecule has 2 heterocycles. The van der Waals surface area contributed by atoms with E-state index in [1.165, 1.54) is 0 Å². The smallest absolute Gasteiger partial charge is 0.120 e. The molecule has 3 aromatic rings. The Labute approximate surface area is 177 Å². The second kappa shape index (κ2) is 10.0. The number of hydrogen-bond acceptors (Lipinski definition) is 6. The van der Waals surface area contributed by atoms with Crippen molar-refractivity contribution >= 4 is 10.8 Å². The lowest BCUT2D eigenvalue weighted by Crippen LogP contribution is -2.49. The largest absolute Gasteiger partial charge is 0.491 e. The number of aromatic amines is 1. The zero-order chi connectivity index (χ0) is 20.8. The SMILES string of the molecule is COCCN1CCN(CC(O)COc2ccc3cc(-c4cn[nH]c4)ccc3c2)CC1. The number of aliphatic hydroxyl groups excluding tert-OH is 1. The van der Waals surface area contributed by atoms with Crippen LogP contribution in [0.4, 0.5) is 0 Å². The summed E-state index contributed by atoms with van der Waals surface area (Å²) in [5, 5.41) is 19.5. The second-order valence-electron chi connectivity index (χ2n) is 7.81. The normalized spacial score (nSPS) is 16.7. The Balaban J connectivity index is 1.27. The van der Waals surface area contributed by atoms with Crippen LogP contribution in [0.2, 0.25) is 0 Å². The molecule has 1 saturated heterocycles. The number of methoxy groups -OCH3 is 1. The Kier molecular flexibility index (Phi) is 6.96. The van der Waals surface area contributed by atoms with E-state index in [1.54, 1.807) is 7.11 Å². The maximum atomic E-state index is 10.4. The molecule has 1 unspecified atom stereocenters. The number of aromatic nitrogens is 2. The molecule has 0 spiro atoms. The number of piperazine rings is 1. The number of benzene rings is 2. The molecule has 160 valence electrons. The van der Waals surface area contributed by atoms with Gasteiger partial charge in [-0.2, -0.15) is 5.10 Å². The van der Waals surface area contributed by atoms with Gasteiger partial charge in [0.1, 0.15) is 18.5 Å². The number of nitrogens with one attached hydrogen (secondary N) is 1. The van der Waals surface area contributed by atoms with Crippen LogP contribution >= 0.6 is 0 Å². The van der Waals surface area contributed by atoms with E-state index >= 15 is 0 Å². The minimum Gasteiger partial charge on any atom is -0.491 e. The summed E-state index contributed by atoms with van der Waals surface area (Å²) in [4.78, 5) is 4.70. The topological polar surface area (TPSA) is 73.8 Å². The van der Waals surface area contributed by atoms with Crippen molar-refractivity contribution in [3.63, 3.8) is 0 Å². The fraction of sp³-hybridized carbons (Fsp3) is 0.435. The molecule has 2 N–H and O–H groups in total. The first kappa shape index (κ1) is 20.8. The molecular formula is C23H30N4O3. The molecule has 1 atom stereocenters. The van der Waals surface area contributed by atoms with Crippen LogP contribution in [-0.2, 0) is 4.74 Å². The van der Waals surface area contributed by atoms with Crippen LogP contribution in [0, 0.1) is 0 Å². The van der Waals surface area contributed by atoms with Gasteiger partial charge in [-0.3, -0.25) is 14.9 Å². The van der Waals surface area contributed by atoms with Gasteiger partial charge in [0.2, 0.25) is 0 Å². The summed E-state index contributed by atoms with van der Waals surface area (Å²) in [6, 6.07) is 12.4. The van der Waals surface area contributed by atoms with Crippen molar-refractivity contribution < 1.29 is 14.6 Å². The molecule has 1 aliphatic rings. The molecule has 7 nitrogen and oxygen atoms in total. The molecule has 0 saturated carbocycles. The molecule has 1 aliphatic heterocycles. The Morgan fingerprint density at radius 3 is 2.57 bits per heavy atom. The Morgan fingerprint density at radius 2 is 1.80 bits per heavy atom. The second-order valence-corrected chi connectivity index (χ2v) is 7.81. The monoisotopic (exact) mass is 410 g/mol. The number of nitrogens with zero attached hydrogens (tertiary/aromatic N) is 3. The summed E-state index contributed by atoms with van der Waals surface area (Å²) >= 11 is 0. The minimum atomic E-state index is -0.505. The maximum absolute atomic E-state index is 10.4. The number of hydrogen-bond donors (Lipinski definition) is 2. The zero-order valence-electron chi connectivity index (χ0n) is 17.5. The first-order valence-corrected chi connectivity index (χ1v) is 10.5. The van der Waals surface area contributed by atoms with E-state index in [0.717, 1.165) is 67.0 Å². The van der Waals surface area contributed by atoms with Gasteiger partial charge in [0.05, 0.1) is 12.8 Å². The van der Waals surface area contributed by atoms with Gasteiger partial charge in [-0.15, -0.1) is 0 Å². The number of rotatable bonds is 9. The summed E-state index contributed by atoms with van der Waals surface area (Å²) in [6.07, 6.45) is 3.20. The lowest BCUT2D eigenvalue weighted by molar-refractivity contribution is 0.0405. The zero-order valence-corrected chi connectivity index (χ0v) is 17.5. The third kappa shape index (κ3) is 5.37. The van der Waals surface area contributed by atoms with E-state index in [2.05, 4.69) is 44.3 Å². The highest BCUT2D eigenvalue weighted by molar-refractivity contribution is 5.88. The van der Waals surface area contributed by atoms with E-state index in [9.17, 15) is 5.11 Å². The fourth-order valence-electron chi connectivity index (χ4n) is 3.86. The molecule has 1 fully saturated rings. The third-order valence-corrected chi connectivity index (χ3v) is 5.63. The summed E-state index contributed by atoms with van der Waals surface area (Å²) in [5.41, 5.74) is 2.20. The lowest BCUT2D eigenvalue weighted by Gasteiger charge is -2.35. The lowest BCUT2D eigenvalue weighted by atomic mass is 10.0. The highest BCUT2D eigenvalue weighted by Crippen LogP contribution is 2.26. The third-order valence-electron chi connectivity index (χ3n) is 5.63. The van der Waals surface area contributed by atoms with E-state index in [-0.39, 0.29) is 0 Å². The fourth-order valence-corrected chi connectivity index (χ4v) is 3.86. The van der Waals surface area contributed by atoms with Gasteiger partial charge in [-0.1, -0.05) is 18.2 Å². The molecule has 4 rings (SSSR count). The van der Waals surface area contributed by atoms with E-state index in [1.807, 2.05) is 24.5 Å². The van der Waals surface area contributed by atoms with Crippen molar-refractivity contribution in [2.75, 3.05) is 59.6 Å². The summed E-state index contributed by atoms with van der Waals surface area (Å²) in [5.74, 6) is 0.780. The molecule has 7 heteroatoms. The van der Waals surface area contributed by atoms with Gasteiger partial charge in [-0.05, 0) is 34.5 Å². The van der Waals surface area contributed by atoms with Crippen LogP contribution < -0.4 is 4.74 Å². The van der Waals surface area contributed by atoms with Crippen molar-refractivity contribution in [3.8, 4) is 16.9 Å². The van der Waals surface area contributed by atoms with Gasteiger partial charge >= 0.3 is 0 Å². The van der Waals surface area contributed by atoms with Crippen LogP contribution in [0.3, 0.4) is 0 Å². The molecule has 0 amide bonds. The first-order chi connectivity index (χ1) is 14.7. The maximum Gasteiger partial charge on any atom is 0.120 e. The van der Waals surface area contributed by atoms with Crippen LogP contribution in [0.15, 0.2) is 48.8 Å². The van der Waals surface area contributed by atoms with Crippen LogP contribution in [0.25, 0.3) is 21.9 Å². The van der Waals surface area contributed by atoms with Gasteiger partial charge in [0.15, 0.2) is 0 Å². The number of fused-ring (bicyclic) bond motifs is 1. The van der Waals surface area contributed by atoms with Gasteiger partial charge in [0.25, 0.3) is 0 Å². The van der Waals surface area contributed by atoms with Gasteiger partial charge in [-0.25, -0.2) is 0 Å². The van der Waals surface area contributed by atoms with Crippen molar-refractivity contribution in [2.45, 2.75) is 6.10 Å². The molecule has 0 aliphatic carbocycles. The van der Waals surface area contributed by atoms with E-state index in [0.29, 0.717) is 13.2 Å². The van der Waals surface area contributed by atoms with E-state index < -0.39 is 6.10 Å². The highest BCUT2D eigenvalue weighted by Gasteiger charge is 2.19. The average molecular weight is 411 g/mol. The number of aliphatic hydroxyl groups is 1. The molecule has 30 heavy (non-hydrogen) atoms.